The highest BCUT2D eigenvalue weighted by Gasteiger charge is 2.30. The third-order valence-electron chi connectivity index (χ3n) is 2.63. The SMILES string of the molecule is Cl.O=C(NNC(=O)C1CCCN1)C1CC1. The van der Waals surface area contributed by atoms with E-state index in [1.165, 1.54) is 0 Å². The molecule has 2 aliphatic rings. The predicted octanol–water partition coefficient (Wildman–Crippen LogP) is -0.282. The monoisotopic (exact) mass is 233 g/mol. The molecule has 1 saturated heterocycles. The Balaban J connectivity index is 0.00000112. The molecular weight excluding hydrogens is 218 g/mol. The highest BCUT2D eigenvalue weighted by Crippen LogP contribution is 2.28. The van der Waals surface area contributed by atoms with E-state index in [9.17, 15) is 9.59 Å². The van der Waals surface area contributed by atoms with E-state index >= 15 is 0 Å². The van der Waals surface area contributed by atoms with E-state index in [0.717, 1.165) is 32.2 Å². The largest absolute Gasteiger partial charge is 0.306 e. The molecule has 5 nitrogen and oxygen atoms in total. The third kappa shape index (κ3) is 3.35. The summed E-state index contributed by atoms with van der Waals surface area (Å²) in [5, 5.41) is 3.06. The van der Waals surface area contributed by atoms with Gasteiger partial charge in [0, 0.05) is 5.92 Å². The standard InChI is InChI=1S/C9H15N3O2.ClH/c13-8(6-3-4-6)11-12-9(14)7-2-1-5-10-7;/h6-7,10H,1-5H2,(H,11,13)(H,12,14);1H. The number of carbonyl (C=O) groups is 2. The first-order valence-electron chi connectivity index (χ1n) is 5.10. The molecule has 3 N–H and O–H groups in total. The van der Waals surface area contributed by atoms with E-state index in [1.807, 2.05) is 0 Å². The van der Waals surface area contributed by atoms with Crippen molar-refractivity contribution in [2.45, 2.75) is 31.7 Å². The van der Waals surface area contributed by atoms with Crippen LogP contribution >= 0.6 is 12.4 Å². The molecule has 0 spiro atoms. The maximum absolute atomic E-state index is 11.4. The summed E-state index contributed by atoms with van der Waals surface area (Å²) in [5.41, 5.74) is 4.89. The highest BCUT2D eigenvalue weighted by molar-refractivity contribution is 5.87. The zero-order valence-corrected chi connectivity index (χ0v) is 9.23. The van der Waals surface area contributed by atoms with Gasteiger partial charge in [0.05, 0.1) is 6.04 Å². The van der Waals surface area contributed by atoms with E-state index in [1.54, 1.807) is 0 Å². The Labute approximate surface area is 94.7 Å². The maximum Gasteiger partial charge on any atom is 0.255 e. The lowest BCUT2D eigenvalue weighted by atomic mass is 10.2. The summed E-state index contributed by atoms with van der Waals surface area (Å²) in [5.74, 6) is -0.0558. The first-order valence-corrected chi connectivity index (χ1v) is 5.10. The van der Waals surface area contributed by atoms with E-state index in [0.29, 0.717) is 0 Å². The van der Waals surface area contributed by atoms with Gasteiger partial charge in [-0.3, -0.25) is 20.4 Å². The fourth-order valence-corrected chi connectivity index (χ4v) is 1.57. The van der Waals surface area contributed by atoms with Crippen LogP contribution < -0.4 is 16.2 Å². The van der Waals surface area contributed by atoms with Crippen molar-refractivity contribution in [3.63, 3.8) is 0 Å². The number of hydrogen-bond donors (Lipinski definition) is 3. The van der Waals surface area contributed by atoms with Gasteiger partial charge in [0.2, 0.25) is 5.91 Å². The molecule has 0 radical (unpaired) electrons. The fourth-order valence-electron chi connectivity index (χ4n) is 1.57. The van der Waals surface area contributed by atoms with Crippen molar-refractivity contribution < 1.29 is 9.59 Å². The second-order valence-corrected chi connectivity index (χ2v) is 3.90. The molecule has 0 bridgehead atoms. The van der Waals surface area contributed by atoms with E-state index < -0.39 is 0 Å². The number of nitrogens with one attached hydrogen (secondary N) is 3. The van der Waals surface area contributed by atoms with Crippen molar-refractivity contribution in [1.29, 1.82) is 0 Å². The Kier molecular flexibility index (Phi) is 4.35. The minimum absolute atomic E-state index is 0. The molecule has 1 saturated carbocycles. The van der Waals surface area contributed by atoms with Crippen LogP contribution in [0.15, 0.2) is 0 Å². The maximum atomic E-state index is 11.4. The van der Waals surface area contributed by atoms with Gasteiger partial charge in [-0.05, 0) is 32.2 Å². The van der Waals surface area contributed by atoms with Gasteiger partial charge in [-0.15, -0.1) is 12.4 Å². The van der Waals surface area contributed by atoms with Crippen LogP contribution in [0, 0.1) is 5.92 Å². The first kappa shape index (κ1) is 12.3. The minimum Gasteiger partial charge on any atom is -0.306 e. The molecular formula is C9H16ClN3O2. The molecule has 0 aromatic rings. The summed E-state index contributed by atoms with van der Waals surface area (Å²) in [6.07, 6.45) is 3.77. The fraction of sp³-hybridized carbons (Fsp3) is 0.778. The lowest BCUT2D eigenvalue weighted by Gasteiger charge is -2.11. The van der Waals surface area contributed by atoms with Gasteiger partial charge in [-0.2, -0.15) is 0 Å². The average Bonchev–Trinajstić information content (AvgIpc) is 2.90. The summed E-state index contributed by atoms with van der Waals surface area (Å²) in [4.78, 5) is 22.6. The zero-order valence-electron chi connectivity index (χ0n) is 8.41. The lowest BCUT2D eigenvalue weighted by molar-refractivity contribution is -0.130. The van der Waals surface area contributed by atoms with Crippen LogP contribution in [0.5, 0.6) is 0 Å². The molecule has 2 rings (SSSR count). The molecule has 1 atom stereocenters. The third-order valence-corrected chi connectivity index (χ3v) is 2.63. The predicted molar refractivity (Wildman–Crippen MR) is 57.3 cm³/mol. The van der Waals surface area contributed by atoms with E-state index in [2.05, 4.69) is 16.2 Å². The Hall–Kier alpha value is -0.810. The van der Waals surface area contributed by atoms with Crippen molar-refractivity contribution in [2.75, 3.05) is 6.54 Å². The van der Waals surface area contributed by atoms with Crippen LogP contribution in [0.25, 0.3) is 0 Å². The van der Waals surface area contributed by atoms with Gasteiger partial charge >= 0.3 is 0 Å². The second kappa shape index (κ2) is 5.32. The Morgan fingerprint density at radius 1 is 1.07 bits per heavy atom. The average molecular weight is 234 g/mol. The summed E-state index contributed by atoms with van der Waals surface area (Å²) >= 11 is 0. The van der Waals surface area contributed by atoms with Crippen molar-refractivity contribution in [2.24, 2.45) is 5.92 Å². The van der Waals surface area contributed by atoms with Gasteiger partial charge in [0.15, 0.2) is 0 Å². The van der Waals surface area contributed by atoms with Gasteiger partial charge in [-0.1, -0.05) is 0 Å². The second-order valence-electron chi connectivity index (χ2n) is 3.90. The number of amides is 2. The summed E-state index contributed by atoms with van der Waals surface area (Å²) < 4.78 is 0. The molecule has 15 heavy (non-hydrogen) atoms. The molecule has 1 aliphatic carbocycles. The molecule has 2 amide bonds. The number of carbonyl (C=O) groups excluding carboxylic acids is 2. The summed E-state index contributed by atoms with van der Waals surface area (Å²) in [6.45, 7) is 0.884. The zero-order chi connectivity index (χ0) is 9.97. The molecule has 0 aromatic carbocycles. The Bertz CT molecular complexity index is 250. The molecule has 6 heteroatoms. The summed E-state index contributed by atoms with van der Waals surface area (Å²) in [7, 11) is 0. The van der Waals surface area contributed by atoms with Crippen LogP contribution in [0.4, 0.5) is 0 Å². The van der Waals surface area contributed by atoms with Gasteiger partial charge in [0.25, 0.3) is 5.91 Å². The Morgan fingerprint density at radius 2 is 1.73 bits per heavy atom. The molecule has 1 heterocycles. The van der Waals surface area contributed by atoms with E-state index in [-0.39, 0.29) is 36.2 Å². The first-order chi connectivity index (χ1) is 6.77. The number of halogens is 1. The number of hydrazine groups is 1. The van der Waals surface area contributed by atoms with Crippen molar-refractivity contribution in [1.82, 2.24) is 16.2 Å². The van der Waals surface area contributed by atoms with Gasteiger partial charge < -0.3 is 5.32 Å². The molecule has 1 unspecified atom stereocenters. The molecule has 2 fully saturated rings. The minimum atomic E-state index is -0.130. The Morgan fingerprint density at radius 3 is 2.27 bits per heavy atom. The molecule has 0 aromatic heterocycles. The van der Waals surface area contributed by atoms with Gasteiger partial charge in [0.1, 0.15) is 0 Å². The van der Waals surface area contributed by atoms with Crippen LogP contribution in [0.2, 0.25) is 0 Å². The number of rotatable bonds is 2. The smallest absolute Gasteiger partial charge is 0.255 e. The summed E-state index contributed by atoms with van der Waals surface area (Å²) in [6, 6.07) is -0.130. The van der Waals surface area contributed by atoms with Crippen LogP contribution in [-0.2, 0) is 9.59 Å². The van der Waals surface area contributed by atoms with Gasteiger partial charge in [-0.25, -0.2) is 0 Å². The van der Waals surface area contributed by atoms with Crippen LogP contribution in [0.3, 0.4) is 0 Å². The van der Waals surface area contributed by atoms with Crippen LogP contribution in [0.1, 0.15) is 25.7 Å². The topological polar surface area (TPSA) is 70.2 Å². The lowest BCUT2D eigenvalue weighted by Crippen LogP contribution is -2.49. The van der Waals surface area contributed by atoms with Crippen molar-refractivity contribution >= 4 is 24.2 Å². The number of hydrogen-bond acceptors (Lipinski definition) is 3. The van der Waals surface area contributed by atoms with Crippen LogP contribution in [-0.4, -0.2) is 24.4 Å². The normalized spacial score (nSPS) is 24.1. The van der Waals surface area contributed by atoms with Crippen molar-refractivity contribution in [3.8, 4) is 0 Å². The van der Waals surface area contributed by atoms with E-state index in [4.69, 9.17) is 0 Å². The quantitative estimate of drug-likeness (QED) is 0.575. The molecule has 1 aliphatic heterocycles. The van der Waals surface area contributed by atoms with Crippen molar-refractivity contribution in [3.05, 3.63) is 0 Å². The molecule has 86 valence electrons. The highest BCUT2D eigenvalue weighted by atomic mass is 35.5.